The van der Waals surface area contributed by atoms with Gasteiger partial charge in [-0.1, -0.05) is 66.7 Å². The number of benzene rings is 3. The van der Waals surface area contributed by atoms with Crippen molar-refractivity contribution >= 4 is 28.2 Å². The van der Waals surface area contributed by atoms with Crippen LogP contribution in [0.15, 0.2) is 72.8 Å². The van der Waals surface area contributed by atoms with Crippen LogP contribution in [0, 0.1) is 0 Å². The van der Waals surface area contributed by atoms with Crippen LogP contribution in [0.25, 0.3) is 10.8 Å². The zero-order valence-corrected chi connectivity index (χ0v) is 11.2. The lowest BCUT2D eigenvalue weighted by atomic mass is 10.1. The van der Waals surface area contributed by atoms with E-state index in [2.05, 4.69) is 5.32 Å². The number of hydrogen-bond donors (Lipinski definition) is 1. The van der Waals surface area contributed by atoms with Crippen LogP contribution < -0.4 is 5.32 Å². The first kappa shape index (κ1) is 13.1. The minimum atomic E-state index is -0.627. The summed E-state index contributed by atoms with van der Waals surface area (Å²) in [5, 5.41) is 4.62. The van der Waals surface area contributed by atoms with E-state index in [1.807, 2.05) is 36.4 Å². The SMILES string of the molecule is O=C(Nc1cccc2ccccc12)C(=O)c1ccccc1. The highest BCUT2D eigenvalue weighted by Gasteiger charge is 2.16. The van der Waals surface area contributed by atoms with Gasteiger partial charge in [0, 0.05) is 16.6 Å². The first-order chi connectivity index (χ1) is 10.3. The van der Waals surface area contributed by atoms with Gasteiger partial charge in [0.05, 0.1) is 0 Å². The third-order valence-electron chi connectivity index (χ3n) is 3.28. The van der Waals surface area contributed by atoms with Crippen LogP contribution in [-0.4, -0.2) is 11.7 Å². The van der Waals surface area contributed by atoms with Crippen LogP contribution in [-0.2, 0) is 4.79 Å². The molecule has 0 aromatic heterocycles. The molecule has 1 N–H and O–H groups in total. The smallest absolute Gasteiger partial charge is 0.296 e. The van der Waals surface area contributed by atoms with Crippen LogP contribution in [0.5, 0.6) is 0 Å². The van der Waals surface area contributed by atoms with Gasteiger partial charge in [-0.2, -0.15) is 0 Å². The molecule has 1 amide bonds. The highest BCUT2D eigenvalue weighted by atomic mass is 16.2. The summed E-state index contributed by atoms with van der Waals surface area (Å²) in [5.41, 5.74) is 1.03. The number of ketones is 1. The molecule has 0 aliphatic carbocycles. The number of Topliss-reactive ketones (excluding diaryl/α,β-unsaturated/α-hetero) is 1. The number of carbonyl (C=O) groups is 2. The molecule has 0 aliphatic heterocycles. The molecule has 0 fully saturated rings. The van der Waals surface area contributed by atoms with Gasteiger partial charge in [0.2, 0.25) is 0 Å². The Labute approximate surface area is 122 Å². The van der Waals surface area contributed by atoms with E-state index < -0.39 is 11.7 Å². The van der Waals surface area contributed by atoms with Gasteiger partial charge in [-0.3, -0.25) is 9.59 Å². The number of amides is 1. The maximum absolute atomic E-state index is 12.1. The maximum Gasteiger partial charge on any atom is 0.296 e. The third kappa shape index (κ3) is 2.67. The third-order valence-corrected chi connectivity index (χ3v) is 3.28. The van der Waals surface area contributed by atoms with E-state index in [1.54, 1.807) is 36.4 Å². The predicted molar refractivity (Wildman–Crippen MR) is 83.4 cm³/mol. The first-order valence-corrected chi connectivity index (χ1v) is 6.64. The van der Waals surface area contributed by atoms with Gasteiger partial charge in [-0.15, -0.1) is 0 Å². The summed E-state index contributed by atoms with van der Waals surface area (Å²) >= 11 is 0. The monoisotopic (exact) mass is 275 g/mol. The lowest BCUT2D eigenvalue weighted by molar-refractivity contribution is -0.112. The van der Waals surface area contributed by atoms with Crippen molar-refractivity contribution in [1.82, 2.24) is 0 Å². The van der Waals surface area contributed by atoms with Crippen LogP contribution in [0.2, 0.25) is 0 Å². The number of fused-ring (bicyclic) bond motifs is 1. The summed E-state index contributed by atoms with van der Waals surface area (Å²) < 4.78 is 0. The average Bonchev–Trinajstić information content (AvgIpc) is 2.55. The Bertz CT molecular complexity index is 804. The van der Waals surface area contributed by atoms with Crippen molar-refractivity contribution in [1.29, 1.82) is 0 Å². The molecule has 3 aromatic carbocycles. The minimum Gasteiger partial charge on any atom is -0.319 e. The summed E-state index contributed by atoms with van der Waals surface area (Å²) in [7, 11) is 0. The minimum absolute atomic E-state index is 0.384. The molecule has 21 heavy (non-hydrogen) atoms. The second-order valence-electron chi connectivity index (χ2n) is 4.68. The highest BCUT2D eigenvalue weighted by Crippen LogP contribution is 2.23. The quantitative estimate of drug-likeness (QED) is 0.585. The molecule has 102 valence electrons. The van der Waals surface area contributed by atoms with E-state index in [0.717, 1.165) is 10.8 Å². The van der Waals surface area contributed by atoms with Crippen molar-refractivity contribution in [3.63, 3.8) is 0 Å². The number of rotatable bonds is 3. The van der Waals surface area contributed by atoms with Crippen molar-refractivity contribution < 1.29 is 9.59 Å². The molecular weight excluding hydrogens is 262 g/mol. The molecule has 3 aromatic rings. The van der Waals surface area contributed by atoms with E-state index in [0.29, 0.717) is 11.3 Å². The lowest BCUT2D eigenvalue weighted by Crippen LogP contribution is -2.22. The van der Waals surface area contributed by atoms with Gasteiger partial charge >= 0.3 is 0 Å². The molecule has 3 heteroatoms. The van der Waals surface area contributed by atoms with Crippen LogP contribution in [0.1, 0.15) is 10.4 Å². The standard InChI is InChI=1S/C18H13NO2/c20-17(14-8-2-1-3-9-14)18(21)19-16-12-6-10-13-7-4-5-11-15(13)16/h1-12H,(H,19,21). The Hall–Kier alpha value is -2.94. The predicted octanol–water partition coefficient (Wildman–Crippen LogP) is 3.66. The molecule has 0 saturated carbocycles. The summed E-state index contributed by atoms with van der Waals surface area (Å²) in [5.74, 6) is -1.17. The van der Waals surface area contributed by atoms with Crippen molar-refractivity contribution in [2.24, 2.45) is 0 Å². The van der Waals surface area contributed by atoms with E-state index >= 15 is 0 Å². The molecule has 0 bridgehead atoms. The number of anilines is 1. The number of hydrogen-bond acceptors (Lipinski definition) is 2. The zero-order valence-electron chi connectivity index (χ0n) is 11.2. The van der Waals surface area contributed by atoms with Crippen LogP contribution in [0.4, 0.5) is 5.69 Å². The van der Waals surface area contributed by atoms with Gasteiger partial charge in [0.15, 0.2) is 0 Å². The first-order valence-electron chi connectivity index (χ1n) is 6.64. The van der Waals surface area contributed by atoms with E-state index in [4.69, 9.17) is 0 Å². The Balaban J connectivity index is 1.89. The fourth-order valence-corrected chi connectivity index (χ4v) is 2.23. The zero-order chi connectivity index (χ0) is 14.7. The fraction of sp³-hybridized carbons (Fsp3) is 0. The van der Waals surface area contributed by atoms with E-state index in [-0.39, 0.29) is 0 Å². The Morgan fingerprint density at radius 3 is 2.19 bits per heavy atom. The van der Waals surface area contributed by atoms with Gasteiger partial charge < -0.3 is 5.32 Å². The topological polar surface area (TPSA) is 46.2 Å². The number of nitrogens with one attached hydrogen (secondary N) is 1. The normalized spacial score (nSPS) is 10.3. The molecule has 0 heterocycles. The molecule has 0 aliphatic rings. The molecule has 0 saturated heterocycles. The van der Waals surface area contributed by atoms with Crippen LogP contribution >= 0.6 is 0 Å². The maximum atomic E-state index is 12.1. The van der Waals surface area contributed by atoms with Crippen molar-refractivity contribution in [3.8, 4) is 0 Å². The molecule has 0 spiro atoms. The lowest BCUT2D eigenvalue weighted by Gasteiger charge is -2.08. The molecule has 0 unspecified atom stereocenters. The van der Waals surface area contributed by atoms with Crippen molar-refractivity contribution in [2.45, 2.75) is 0 Å². The molecule has 3 rings (SSSR count). The van der Waals surface area contributed by atoms with Crippen molar-refractivity contribution in [3.05, 3.63) is 78.4 Å². The molecule has 3 nitrogen and oxygen atoms in total. The highest BCUT2D eigenvalue weighted by molar-refractivity contribution is 6.46. The Kier molecular flexibility index (Phi) is 3.48. The van der Waals surface area contributed by atoms with Crippen LogP contribution in [0.3, 0.4) is 0 Å². The second-order valence-corrected chi connectivity index (χ2v) is 4.68. The van der Waals surface area contributed by atoms with E-state index in [1.165, 1.54) is 0 Å². The van der Waals surface area contributed by atoms with Gasteiger partial charge in [0.1, 0.15) is 0 Å². The fourth-order valence-electron chi connectivity index (χ4n) is 2.23. The Morgan fingerprint density at radius 1 is 0.714 bits per heavy atom. The van der Waals surface area contributed by atoms with Gasteiger partial charge in [0.25, 0.3) is 11.7 Å². The summed E-state index contributed by atoms with van der Waals surface area (Å²) in [4.78, 5) is 24.2. The molecule has 0 radical (unpaired) electrons. The van der Waals surface area contributed by atoms with Gasteiger partial charge in [-0.05, 0) is 11.5 Å². The van der Waals surface area contributed by atoms with Crippen molar-refractivity contribution in [2.75, 3.05) is 5.32 Å². The summed E-state index contributed by atoms with van der Waals surface area (Å²) in [6.45, 7) is 0. The van der Waals surface area contributed by atoms with Gasteiger partial charge in [-0.25, -0.2) is 0 Å². The number of carbonyl (C=O) groups excluding carboxylic acids is 2. The molecular formula is C18H13NO2. The summed E-state index contributed by atoms with van der Waals surface area (Å²) in [6, 6.07) is 21.8. The Morgan fingerprint density at radius 2 is 1.38 bits per heavy atom. The largest absolute Gasteiger partial charge is 0.319 e. The molecule has 0 atom stereocenters. The average molecular weight is 275 g/mol. The van der Waals surface area contributed by atoms with E-state index in [9.17, 15) is 9.59 Å². The second kappa shape index (κ2) is 5.59. The summed E-state index contributed by atoms with van der Waals surface area (Å²) in [6.07, 6.45) is 0.